The van der Waals surface area contributed by atoms with Crippen LogP contribution in [0, 0.1) is 5.92 Å². The Balaban J connectivity index is 0.000000228. The molecule has 3 aromatic carbocycles. The van der Waals surface area contributed by atoms with Gasteiger partial charge in [-0.25, -0.2) is 0 Å². The van der Waals surface area contributed by atoms with Crippen LogP contribution < -0.4 is 0 Å². The van der Waals surface area contributed by atoms with E-state index in [1.54, 1.807) is 0 Å². The molecule has 0 amide bonds. The van der Waals surface area contributed by atoms with Crippen LogP contribution in [0.2, 0.25) is 0 Å². The Morgan fingerprint density at radius 2 is 0.966 bits per heavy atom. The summed E-state index contributed by atoms with van der Waals surface area (Å²) in [7, 11) is 0. The van der Waals surface area contributed by atoms with Crippen LogP contribution in [0.1, 0.15) is 50.8 Å². The number of carbonyl (C=O) groups is 1. The van der Waals surface area contributed by atoms with Gasteiger partial charge in [0.25, 0.3) is 0 Å². The van der Waals surface area contributed by atoms with Gasteiger partial charge in [-0.15, -0.1) is 0 Å². The maximum atomic E-state index is 11.3. The Labute approximate surface area is 177 Å². The van der Waals surface area contributed by atoms with E-state index in [1.807, 2.05) is 44.2 Å². The van der Waals surface area contributed by atoms with Gasteiger partial charge in [0.2, 0.25) is 0 Å². The molecule has 0 bridgehead atoms. The molecular weight excluding hydrogens is 352 g/mol. The van der Waals surface area contributed by atoms with Crippen LogP contribution in [0.5, 0.6) is 0 Å². The first-order chi connectivity index (χ1) is 14.1. The van der Waals surface area contributed by atoms with Crippen molar-refractivity contribution in [2.75, 3.05) is 0 Å². The standard InChI is InChI=1S/C12H16O.2C8H10/c1-3-12(13)10(2)9-11-7-5-4-6-8-11;2*1-2-8-6-4-3-5-7-8/h4-8,10H,3,9H2,1-2H3;2*3-7H,2H2,1H3/t10-;;/m0../s1. The smallest absolute Gasteiger partial charge is 0.135 e. The van der Waals surface area contributed by atoms with Crippen molar-refractivity contribution >= 4 is 5.78 Å². The Hall–Kier alpha value is -2.67. The van der Waals surface area contributed by atoms with Crippen LogP contribution >= 0.6 is 0 Å². The minimum atomic E-state index is 0.160. The summed E-state index contributed by atoms with van der Waals surface area (Å²) in [4.78, 5) is 11.3. The zero-order chi connectivity index (χ0) is 21.3. The van der Waals surface area contributed by atoms with Gasteiger partial charge in [-0.1, -0.05) is 119 Å². The Kier molecular flexibility index (Phi) is 12.8. The third kappa shape index (κ3) is 11.0. The van der Waals surface area contributed by atoms with Gasteiger partial charge in [-0.3, -0.25) is 4.79 Å². The molecule has 0 aliphatic carbocycles. The van der Waals surface area contributed by atoms with E-state index in [1.165, 1.54) is 16.7 Å². The molecule has 29 heavy (non-hydrogen) atoms. The van der Waals surface area contributed by atoms with Gasteiger partial charge in [0.05, 0.1) is 0 Å². The highest BCUT2D eigenvalue weighted by Gasteiger charge is 2.10. The molecule has 1 atom stereocenters. The van der Waals surface area contributed by atoms with Gasteiger partial charge < -0.3 is 0 Å². The predicted octanol–water partition coefficient (Wildman–Crippen LogP) is 7.34. The molecule has 0 radical (unpaired) electrons. The third-order valence-electron chi connectivity index (χ3n) is 4.78. The van der Waals surface area contributed by atoms with Crippen LogP contribution in [0.3, 0.4) is 0 Å². The summed E-state index contributed by atoms with van der Waals surface area (Å²) >= 11 is 0. The third-order valence-corrected chi connectivity index (χ3v) is 4.78. The number of hydrogen-bond acceptors (Lipinski definition) is 1. The van der Waals surface area contributed by atoms with Crippen LogP contribution in [0.4, 0.5) is 0 Å². The minimum absolute atomic E-state index is 0.160. The average Bonchev–Trinajstić information content (AvgIpc) is 2.81. The number of Topliss-reactive ketones (excluding diaryl/α,β-unsaturated/α-hetero) is 1. The maximum Gasteiger partial charge on any atom is 0.135 e. The molecule has 1 nitrogen and oxygen atoms in total. The van der Waals surface area contributed by atoms with Crippen molar-refractivity contribution in [3.8, 4) is 0 Å². The SMILES string of the molecule is CCC(=O)[C@@H](C)Cc1ccccc1.CCc1ccccc1.CCc1ccccc1. The number of ketones is 1. The van der Waals surface area contributed by atoms with Crippen LogP contribution in [-0.4, -0.2) is 5.78 Å². The van der Waals surface area contributed by atoms with Crippen LogP contribution in [0.25, 0.3) is 0 Å². The highest BCUT2D eigenvalue weighted by atomic mass is 16.1. The number of hydrogen-bond donors (Lipinski definition) is 0. The lowest BCUT2D eigenvalue weighted by Crippen LogP contribution is -2.12. The first-order valence-corrected chi connectivity index (χ1v) is 10.7. The summed E-state index contributed by atoms with van der Waals surface area (Å²) in [6.07, 6.45) is 3.79. The molecule has 0 aromatic heterocycles. The average molecular weight is 389 g/mol. The summed E-state index contributed by atoms with van der Waals surface area (Å²) in [5.41, 5.74) is 4.07. The van der Waals surface area contributed by atoms with Gasteiger partial charge in [0.15, 0.2) is 0 Å². The Morgan fingerprint density at radius 3 is 1.24 bits per heavy atom. The molecule has 0 spiro atoms. The molecule has 154 valence electrons. The predicted molar refractivity (Wildman–Crippen MR) is 126 cm³/mol. The van der Waals surface area contributed by atoms with E-state index in [4.69, 9.17) is 0 Å². The van der Waals surface area contributed by atoms with Crippen LogP contribution in [0.15, 0.2) is 91.0 Å². The fourth-order valence-electron chi connectivity index (χ4n) is 2.86. The highest BCUT2D eigenvalue weighted by Crippen LogP contribution is 2.10. The van der Waals surface area contributed by atoms with Gasteiger partial charge in [-0.2, -0.15) is 0 Å². The molecule has 0 saturated carbocycles. The number of benzene rings is 3. The first kappa shape index (κ1) is 24.4. The lowest BCUT2D eigenvalue weighted by atomic mass is 9.96. The molecule has 0 aliphatic rings. The number of rotatable bonds is 6. The second kappa shape index (κ2) is 15.3. The first-order valence-electron chi connectivity index (χ1n) is 10.7. The van der Waals surface area contributed by atoms with E-state index in [-0.39, 0.29) is 5.92 Å². The van der Waals surface area contributed by atoms with Crippen molar-refractivity contribution in [3.63, 3.8) is 0 Å². The summed E-state index contributed by atoms with van der Waals surface area (Å²) in [6, 6.07) is 31.1. The Morgan fingerprint density at radius 1 is 0.621 bits per heavy atom. The van der Waals surface area contributed by atoms with Crippen molar-refractivity contribution in [1.82, 2.24) is 0 Å². The molecule has 0 unspecified atom stereocenters. The quantitative estimate of drug-likeness (QED) is 0.431. The summed E-state index contributed by atoms with van der Waals surface area (Å²) < 4.78 is 0. The molecule has 0 heterocycles. The van der Waals surface area contributed by atoms with E-state index >= 15 is 0 Å². The largest absolute Gasteiger partial charge is 0.299 e. The molecule has 0 saturated heterocycles. The number of carbonyl (C=O) groups excluding carboxylic acids is 1. The second-order valence-corrected chi connectivity index (χ2v) is 7.09. The summed E-state index contributed by atoms with van der Waals surface area (Å²) in [5, 5.41) is 0. The summed E-state index contributed by atoms with van der Waals surface area (Å²) in [6.45, 7) is 8.24. The monoisotopic (exact) mass is 388 g/mol. The zero-order valence-corrected chi connectivity index (χ0v) is 18.5. The van der Waals surface area contributed by atoms with Crippen molar-refractivity contribution < 1.29 is 4.79 Å². The minimum Gasteiger partial charge on any atom is -0.299 e. The van der Waals surface area contributed by atoms with E-state index in [9.17, 15) is 4.79 Å². The van der Waals surface area contributed by atoms with Crippen LogP contribution in [-0.2, 0) is 24.1 Å². The van der Waals surface area contributed by atoms with Gasteiger partial charge in [-0.05, 0) is 36.0 Å². The topological polar surface area (TPSA) is 17.1 Å². The fraction of sp³-hybridized carbons (Fsp3) is 0.321. The molecule has 0 fully saturated rings. The molecule has 3 aromatic rings. The van der Waals surface area contributed by atoms with E-state index < -0.39 is 0 Å². The molecular formula is C28H36O. The molecule has 0 N–H and O–H groups in total. The van der Waals surface area contributed by atoms with Crippen molar-refractivity contribution in [3.05, 3.63) is 108 Å². The lowest BCUT2D eigenvalue weighted by Gasteiger charge is -2.08. The molecule has 1 heteroatoms. The fourth-order valence-corrected chi connectivity index (χ4v) is 2.86. The van der Waals surface area contributed by atoms with Gasteiger partial charge >= 0.3 is 0 Å². The second-order valence-electron chi connectivity index (χ2n) is 7.09. The van der Waals surface area contributed by atoms with E-state index in [0.717, 1.165) is 19.3 Å². The summed E-state index contributed by atoms with van der Waals surface area (Å²) in [5.74, 6) is 0.510. The lowest BCUT2D eigenvalue weighted by molar-refractivity contribution is -0.122. The van der Waals surface area contributed by atoms with E-state index in [0.29, 0.717) is 12.2 Å². The maximum absolute atomic E-state index is 11.3. The highest BCUT2D eigenvalue weighted by molar-refractivity contribution is 5.80. The van der Waals surface area contributed by atoms with Gasteiger partial charge in [0, 0.05) is 12.3 Å². The van der Waals surface area contributed by atoms with Crippen molar-refractivity contribution in [1.29, 1.82) is 0 Å². The Bertz CT molecular complexity index is 724. The number of aryl methyl sites for hydroxylation is 2. The molecule has 3 rings (SSSR count). The van der Waals surface area contributed by atoms with Gasteiger partial charge in [0.1, 0.15) is 5.78 Å². The van der Waals surface area contributed by atoms with Crippen molar-refractivity contribution in [2.45, 2.75) is 53.4 Å². The molecule has 0 aliphatic heterocycles. The zero-order valence-electron chi connectivity index (χ0n) is 18.5. The van der Waals surface area contributed by atoms with E-state index in [2.05, 4.69) is 74.5 Å². The normalized spacial score (nSPS) is 10.6. The van der Waals surface area contributed by atoms with Crippen molar-refractivity contribution in [2.24, 2.45) is 5.92 Å².